The van der Waals surface area contributed by atoms with Crippen molar-refractivity contribution in [2.75, 3.05) is 29.6 Å². The molecule has 19 heteroatoms. The third kappa shape index (κ3) is 16.0. The van der Waals surface area contributed by atoms with Crippen LogP contribution in [0.5, 0.6) is 5.75 Å². The van der Waals surface area contributed by atoms with E-state index in [9.17, 15) is 43.2 Å². The van der Waals surface area contributed by atoms with Gasteiger partial charge in [-0.15, -0.1) is 0 Å². The van der Waals surface area contributed by atoms with E-state index in [-0.39, 0.29) is 40.9 Å². The molecule has 264 valence electrons. The first-order valence-corrected chi connectivity index (χ1v) is 17.8. The zero-order valence-electron chi connectivity index (χ0n) is 26.8. The average molecular weight is 747 g/mol. The number of nitrogens with one attached hydrogen (secondary N) is 4. The van der Waals surface area contributed by atoms with Crippen LogP contribution in [0, 0.1) is 0 Å². The summed E-state index contributed by atoms with van der Waals surface area (Å²) in [4.78, 5) is 111. The Morgan fingerprint density at radius 3 is 1.58 bits per heavy atom. The summed E-state index contributed by atoms with van der Waals surface area (Å²) >= 11 is 6.04. The second kappa shape index (κ2) is 22.2. The molecule has 48 heavy (non-hydrogen) atoms. The zero-order chi connectivity index (χ0) is 36.4. The van der Waals surface area contributed by atoms with Crippen LogP contribution in [0.15, 0.2) is 24.3 Å². The Labute approximate surface area is 295 Å². The van der Waals surface area contributed by atoms with Crippen molar-refractivity contribution in [3.05, 3.63) is 29.8 Å². The number of thioether (sulfide) groups is 3. The van der Waals surface area contributed by atoms with Crippen LogP contribution in [0.25, 0.3) is 0 Å². The van der Waals surface area contributed by atoms with Gasteiger partial charge in [0.2, 0.25) is 39.0 Å². The van der Waals surface area contributed by atoms with Crippen LogP contribution in [0.1, 0.15) is 45.0 Å². The van der Waals surface area contributed by atoms with Crippen molar-refractivity contribution in [2.45, 2.75) is 58.8 Å². The minimum Gasteiger partial charge on any atom is -0.464 e. The molecule has 15 nitrogen and oxygen atoms in total. The zero-order valence-corrected chi connectivity index (χ0v) is 30.2. The molecule has 0 saturated carbocycles. The molecule has 1 rings (SSSR count). The van der Waals surface area contributed by atoms with Crippen LogP contribution in [0.4, 0.5) is 0 Å². The highest BCUT2D eigenvalue weighted by molar-refractivity contribution is 8.15. The Hall–Kier alpha value is -3.55. The monoisotopic (exact) mass is 746 g/mol. The van der Waals surface area contributed by atoms with Crippen molar-refractivity contribution in [1.82, 2.24) is 21.3 Å². The first-order valence-electron chi connectivity index (χ1n) is 14.3. The minimum atomic E-state index is -1.31. The molecule has 4 unspecified atom stereocenters. The first-order chi connectivity index (χ1) is 22.6. The SMILES string of the molecule is CCOC(=O)C(CSC(=O)C(CSC(=O)c1ccccc1OC(=O)C(CSC(=O)C(CS)NC(C)=O)NC(C)=O)NC(C)=O)NC(C)=O. The fourth-order valence-electron chi connectivity index (χ4n) is 3.58. The normalized spacial score (nSPS) is 13.0. The molecule has 1 aromatic rings. The third-order valence-electron chi connectivity index (χ3n) is 5.60. The van der Waals surface area contributed by atoms with Gasteiger partial charge in [-0.2, -0.15) is 12.6 Å². The number of rotatable bonds is 18. The van der Waals surface area contributed by atoms with E-state index in [2.05, 4.69) is 33.9 Å². The topological polar surface area (TPSA) is 220 Å². The summed E-state index contributed by atoms with van der Waals surface area (Å²) in [5.41, 5.74) is -0.0586. The van der Waals surface area contributed by atoms with Gasteiger partial charge >= 0.3 is 11.9 Å². The fourth-order valence-corrected chi connectivity index (χ4v) is 6.73. The van der Waals surface area contributed by atoms with Gasteiger partial charge in [0.1, 0.15) is 29.9 Å². The van der Waals surface area contributed by atoms with Crippen molar-refractivity contribution in [1.29, 1.82) is 0 Å². The first kappa shape index (κ1) is 42.5. The highest BCUT2D eigenvalue weighted by atomic mass is 32.2. The summed E-state index contributed by atoms with van der Waals surface area (Å²) in [6, 6.07) is 1.19. The quantitative estimate of drug-likeness (QED) is 0.0785. The molecule has 4 amide bonds. The Bertz CT molecular complexity index is 1380. The molecule has 0 aromatic heterocycles. The molecule has 1 aromatic carbocycles. The van der Waals surface area contributed by atoms with Crippen LogP contribution < -0.4 is 26.0 Å². The molecule has 0 saturated heterocycles. The molecular weight excluding hydrogens is 709 g/mol. The van der Waals surface area contributed by atoms with Crippen molar-refractivity contribution in [3.63, 3.8) is 0 Å². The molecule has 0 bridgehead atoms. The number of ether oxygens (including phenoxy) is 2. The Kier molecular flexibility index (Phi) is 19.6. The van der Waals surface area contributed by atoms with Crippen LogP contribution in [0.2, 0.25) is 0 Å². The number of carbonyl (C=O) groups is 9. The average Bonchev–Trinajstić information content (AvgIpc) is 3.01. The van der Waals surface area contributed by atoms with Crippen LogP contribution in [0.3, 0.4) is 0 Å². The van der Waals surface area contributed by atoms with Gasteiger partial charge in [0.05, 0.1) is 12.2 Å². The lowest BCUT2D eigenvalue weighted by atomic mass is 10.2. The van der Waals surface area contributed by atoms with Crippen LogP contribution >= 0.6 is 47.9 Å². The highest BCUT2D eigenvalue weighted by Gasteiger charge is 2.29. The van der Waals surface area contributed by atoms with E-state index in [4.69, 9.17) is 9.47 Å². The smallest absolute Gasteiger partial charge is 0.334 e. The van der Waals surface area contributed by atoms with Crippen LogP contribution in [-0.2, 0) is 43.1 Å². The standard InChI is InChI=1S/C29H38N4O11S4/c1-6-43-25(38)21(31-16(3)35)12-48-29(42)23(33-18(5)37)14-46-27(40)19-9-7-8-10-24(19)44-26(39)22(32-17(4)36)13-47-28(41)20(11-45)30-15(2)34/h7-10,20-23,45H,6,11-14H2,1-5H3,(H,30,34)(H,31,35)(H,32,36)(H,33,37). The van der Waals surface area contributed by atoms with Gasteiger partial charge in [-0.05, 0) is 19.1 Å². The number of benzene rings is 1. The van der Waals surface area contributed by atoms with E-state index < -0.39 is 75.1 Å². The molecule has 4 N–H and O–H groups in total. The maximum absolute atomic E-state index is 13.2. The maximum Gasteiger partial charge on any atom is 0.334 e. The van der Waals surface area contributed by atoms with Gasteiger partial charge in [-0.25, -0.2) is 9.59 Å². The summed E-state index contributed by atoms with van der Waals surface area (Å²) in [5, 5.41) is 8.00. The number of esters is 2. The molecule has 0 aliphatic carbocycles. The predicted octanol–water partition coefficient (Wildman–Crippen LogP) is 0.497. The van der Waals surface area contributed by atoms with Crippen molar-refractivity contribution in [2.24, 2.45) is 0 Å². The number of thiol groups is 1. The van der Waals surface area contributed by atoms with E-state index >= 15 is 0 Å². The number of para-hydroxylation sites is 1. The van der Waals surface area contributed by atoms with E-state index in [1.165, 1.54) is 45.0 Å². The molecule has 0 radical (unpaired) electrons. The summed E-state index contributed by atoms with van der Waals surface area (Å²) < 4.78 is 10.4. The van der Waals surface area contributed by atoms with Crippen molar-refractivity contribution >= 4 is 98.8 Å². The minimum absolute atomic E-state index is 0.00603. The summed E-state index contributed by atoms with van der Waals surface area (Å²) in [7, 11) is 0. The largest absolute Gasteiger partial charge is 0.464 e. The third-order valence-corrected chi connectivity index (χ3v) is 9.09. The summed E-state index contributed by atoms with van der Waals surface area (Å²) in [5.74, 6) is -4.65. The van der Waals surface area contributed by atoms with Crippen molar-refractivity contribution < 1.29 is 52.6 Å². The Morgan fingerprint density at radius 2 is 1.08 bits per heavy atom. The molecule has 0 spiro atoms. The van der Waals surface area contributed by atoms with Gasteiger partial charge < -0.3 is 30.7 Å². The second-order valence-corrected chi connectivity index (χ2v) is 13.1. The van der Waals surface area contributed by atoms with Gasteiger partial charge in [0.15, 0.2) is 0 Å². The Balaban J connectivity index is 3.03. The van der Waals surface area contributed by atoms with Crippen molar-refractivity contribution in [3.8, 4) is 5.75 Å². The fraction of sp³-hybridized carbons (Fsp3) is 0.483. The van der Waals surface area contributed by atoms with E-state index in [1.807, 2.05) is 0 Å². The molecule has 4 atom stereocenters. The van der Waals surface area contributed by atoms with Gasteiger partial charge in [0, 0.05) is 50.7 Å². The lowest BCUT2D eigenvalue weighted by molar-refractivity contribution is -0.146. The van der Waals surface area contributed by atoms with E-state index in [0.29, 0.717) is 35.3 Å². The van der Waals surface area contributed by atoms with Gasteiger partial charge in [-0.3, -0.25) is 33.6 Å². The van der Waals surface area contributed by atoms with E-state index in [0.717, 1.165) is 6.92 Å². The lowest BCUT2D eigenvalue weighted by Gasteiger charge is -2.19. The highest BCUT2D eigenvalue weighted by Crippen LogP contribution is 2.25. The molecule has 0 fully saturated rings. The number of carbonyl (C=O) groups excluding carboxylic acids is 9. The number of amides is 4. The lowest BCUT2D eigenvalue weighted by Crippen LogP contribution is -2.45. The van der Waals surface area contributed by atoms with Crippen LogP contribution in [-0.4, -0.2) is 105 Å². The number of hydrogen-bond acceptors (Lipinski definition) is 15. The number of hydrogen-bond donors (Lipinski definition) is 5. The summed E-state index contributed by atoms with van der Waals surface area (Å²) in [6.45, 7) is 6.42. The molecular formula is C29H38N4O11S4. The predicted molar refractivity (Wildman–Crippen MR) is 185 cm³/mol. The molecule has 0 aliphatic rings. The van der Waals surface area contributed by atoms with Gasteiger partial charge in [-0.1, -0.05) is 47.4 Å². The maximum atomic E-state index is 13.2. The summed E-state index contributed by atoms with van der Waals surface area (Å²) in [6.07, 6.45) is 0. The van der Waals surface area contributed by atoms with Gasteiger partial charge in [0.25, 0.3) is 0 Å². The second-order valence-electron chi connectivity index (χ2n) is 9.72. The molecule has 0 aliphatic heterocycles. The Morgan fingerprint density at radius 1 is 0.646 bits per heavy atom. The van der Waals surface area contributed by atoms with E-state index in [1.54, 1.807) is 6.92 Å². The molecule has 0 heterocycles.